The van der Waals surface area contributed by atoms with Crippen molar-refractivity contribution in [3.63, 3.8) is 0 Å². The maximum absolute atomic E-state index is 6.21. The highest BCUT2D eigenvalue weighted by Crippen LogP contribution is 2.29. The quantitative estimate of drug-likeness (QED) is 0.741. The second-order valence-corrected chi connectivity index (χ2v) is 5.59. The Bertz CT molecular complexity index is 734. The van der Waals surface area contributed by atoms with Crippen LogP contribution < -0.4 is 5.73 Å². The summed E-state index contributed by atoms with van der Waals surface area (Å²) in [5, 5.41) is 2.30. The van der Waals surface area contributed by atoms with Crippen LogP contribution in [0.25, 0.3) is 11.0 Å². The second-order valence-electron chi connectivity index (χ2n) is 4.74. The van der Waals surface area contributed by atoms with Crippen LogP contribution in [0.4, 0.5) is 0 Å². The molecule has 0 saturated carbocycles. The molecule has 0 radical (unpaired) electrons. The third-order valence-corrected chi connectivity index (χ3v) is 3.80. The van der Waals surface area contributed by atoms with E-state index in [1.165, 1.54) is 0 Å². The first-order chi connectivity index (χ1) is 9.63. The average Bonchev–Trinajstić information content (AvgIpc) is 2.87. The van der Waals surface area contributed by atoms with E-state index in [1.807, 2.05) is 48.5 Å². The fraction of sp³-hybridized carbons (Fsp3) is 0.125. The maximum atomic E-state index is 6.21. The van der Waals surface area contributed by atoms with Gasteiger partial charge < -0.3 is 10.2 Å². The maximum Gasteiger partial charge on any atom is 0.152 e. The van der Waals surface area contributed by atoms with Gasteiger partial charge in [-0.3, -0.25) is 0 Å². The Labute approximate surface area is 127 Å². The van der Waals surface area contributed by atoms with Crippen molar-refractivity contribution in [2.45, 2.75) is 12.5 Å². The summed E-state index contributed by atoms with van der Waals surface area (Å²) >= 11 is 12.0. The lowest BCUT2D eigenvalue weighted by atomic mass is 10.0. The van der Waals surface area contributed by atoms with Crippen molar-refractivity contribution in [2.24, 2.45) is 5.73 Å². The van der Waals surface area contributed by atoms with E-state index in [4.69, 9.17) is 33.4 Å². The number of para-hydroxylation sites is 1. The second kappa shape index (κ2) is 5.49. The zero-order valence-corrected chi connectivity index (χ0v) is 12.2. The van der Waals surface area contributed by atoms with E-state index in [9.17, 15) is 0 Å². The van der Waals surface area contributed by atoms with E-state index in [0.717, 1.165) is 21.7 Å². The zero-order valence-electron chi connectivity index (χ0n) is 10.6. The summed E-state index contributed by atoms with van der Waals surface area (Å²) in [6.07, 6.45) is 0.689. The van der Waals surface area contributed by atoms with Crippen molar-refractivity contribution in [3.8, 4) is 0 Å². The van der Waals surface area contributed by atoms with E-state index in [0.29, 0.717) is 17.0 Å². The van der Waals surface area contributed by atoms with Crippen LogP contribution in [0, 0.1) is 0 Å². The summed E-state index contributed by atoms with van der Waals surface area (Å²) in [4.78, 5) is 0. The van der Waals surface area contributed by atoms with Crippen LogP contribution in [0.2, 0.25) is 10.0 Å². The van der Waals surface area contributed by atoms with Gasteiger partial charge in [-0.1, -0.05) is 47.5 Å². The van der Waals surface area contributed by atoms with Gasteiger partial charge in [0.2, 0.25) is 0 Å². The minimum atomic E-state index is -0.209. The molecule has 0 bridgehead atoms. The Balaban J connectivity index is 1.86. The molecule has 102 valence electrons. The van der Waals surface area contributed by atoms with Crippen LogP contribution in [0.3, 0.4) is 0 Å². The van der Waals surface area contributed by atoms with Gasteiger partial charge in [0.15, 0.2) is 5.58 Å². The molecule has 1 heterocycles. The third kappa shape index (κ3) is 2.68. The number of benzene rings is 2. The van der Waals surface area contributed by atoms with Gasteiger partial charge in [0.1, 0.15) is 5.76 Å². The van der Waals surface area contributed by atoms with Crippen molar-refractivity contribution in [2.75, 3.05) is 0 Å². The number of halogens is 2. The molecule has 0 fully saturated rings. The molecular weight excluding hydrogens is 293 g/mol. The van der Waals surface area contributed by atoms with Gasteiger partial charge in [-0.15, -0.1) is 0 Å². The van der Waals surface area contributed by atoms with Crippen LogP contribution >= 0.6 is 23.2 Å². The first-order valence-corrected chi connectivity index (χ1v) is 7.07. The molecule has 0 saturated heterocycles. The fourth-order valence-electron chi connectivity index (χ4n) is 2.21. The Morgan fingerprint density at radius 1 is 1.05 bits per heavy atom. The predicted molar refractivity (Wildman–Crippen MR) is 83.3 cm³/mol. The van der Waals surface area contributed by atoms with E-state index in [1.54, 1.807) is 0 Å². The molecule has 4 heteroatoms. The molecule has 0 spiro atoms. The fourth-order valence-corrected chi connectivity index (χ4v) is 2.55. The summed E-state index contributed by atoms with van der Waals surface area (Å²) < 4.78 is 5.77. The van der Waals surface area contributed by atoms with Crippen LogP contribution in [-0.4, -0.2) is 0 Å². The number of hydrogen-bond donors (Lipinski definition) is 1. The Morgan fingerprint density at radius 3 is 2.50 bits per heavy atom. The van der Waals surface area contributed by atoms with Crippen LogP contribution in [0.15, 0.2) is 52.9 Å². The highest BCUT2D eigenvalue weighted by Gasteiger charge is 2.14. The van der Waals surface area contributed by atoms with Gasteiger partial charge >= 0.3 is 0 Å². The van der Waals surface area contributed by atoms with Crippen LogP contribution in [-0.2, 0) is 6.42 Å². The molecule has 2 nitrogen and oxygen atoms in total. The van der Waals surface area contributed by atoms with Gasteiger partial charge in [-0.2, -0.15) is 0 Å². The van der Waals surface area contributed by atoms with Crippen molar-refractivity contribution in [1.82, 2.24) is 0 Å². The topological polar surface area (TPSA) is 39.2 Å². The minimum Gasteiger partial charge on any atom is -0.458 e. The zero-order chi connectivity index (χ0) is 14.1. The molecule has 2 N–H and O–H groups in total. The Kier molecular flexibility index (Phi) is 3.70. The largest absolute Gasteiger partial charge is 0.458 e. The van der Waals surface area contributed by atoms with E-state index >= 15 is 0 Å². The summed E-state index contributed by atoms with van der Waals surface area (Å²) in [6.45, 7) is 0. The van der Waals surface area contributed by atoms with Crippen molar-refractivity contribution in [1.29, 1.82) is 0 Å². The lowest BCUT2D eigenvalue weighted by Gasteiger charge is -2.08. The molecule has 0 aliphatic rings. The van der Waals surface area contributed by atoms with Gasteiger partial charge in [0, 0.05) is 10.4 Å². The van der Waals surface area contributed by atoms with E-state index < -0.39 is 0 Å². The molecule has 20 heavy (non-hydrogen) atoms. The lowest BCUT2D eigenvalue weighted by molar-refractivity contribution is 0.494. The van der Waals surface area contributed by atoms with Crippen LogP contribution in [0.5, 0.6) is 0 Å². The standard InChI is InChI=1S/C16H13Cl2NO/c17-12-6-4-10(5-7-12)8-14(19)15-9-11-2-1-3-13(18)16(11)20-15/h1-7,9,14H,8,19H2. The minimum absolute atomic E-state index is 0.209. The third-order valence-electron chi connectivity index (χ3n) is 3.25. The molecule has 1 atom stereocenters. The molecule has 1 aromatic heterocycles. The summed E-state index contributed by atoms with van der Waals surface area (Å²) in [6, 6.07) is 15.1. The molecule has 3 aromatic rings. The normalized spacial score (nSPS) is 12.8. The first kappa shape index (κ1) is 13.5. The molecule has 3 rings (SSSR count). The monoisotopic (exact) mass is 305 g/mol. The van der Waals surface area contributed by atoms with Crippen molar-refractivity contribution >= 4 is 34.2 Å². The van der Waals surface area contributed by atoms with Gasteiger partial charge in [-0.25, -0.2) is 0 Å². The predicted octanol–water partition coefficient (Wildman–Crippen LogP) is 4.98. The Hall–Kier alpha value is -1.48. The summed E-state index contributed by atoms with van der Waals surface area (Å²) in [5.41, 5.74) is 8.02. The average molecular weight is 306 g/mol. The van der Waals surface area contributed by atoms with E-state index in [2.05, 4.69) is 0 Å². The van der Waals surface area contributed by atoms with Gasteiger partial charge in [0.25, 0.3) is 0 Å². The SMILES string of the molecule is NC(Cc1ccc(Cl)cc1)c1cc2cccc(Cl)c2o1. The highest BCUT2D eigenvalue weighted by atomic mass is 35.5. The molecule has 1 unspecified atom stereocenters. The number of furan rings is 1. The van der Waals surface area contributed by atoms with Crippen molar-refractivity contribution in [3.05, 3.63) is 69.9 Å². The van der Waals surface area contributed by atoms with Gasteiger partial charge in [-0.05, 0) is 36.2 Å². The Morgan fingerprint density at radius 2 is 1.80 bits per heavy atom. The van der Waals surface area contributed by atoms with Crippen molar-refractivity contribution < 1.29 is 4.42 Å². The smallest absolute Gasteiger partial charge is 0.152 e. The molecule has 0 aliphatic carbocycles. The molecule has 2 aromatic carbocycles. The number of nitrogens with two attached hydrogens (primary N) is 1. The molecule has 0 amide bonds. The number of hydrogen-bond acceptors (Lipinski definition) is 2. The highest BCUT2D eigenvalue weighted by molar-refractivity contribution is 6.34. The lowest BCUT2D eigenvalue weighted by Crippen LogP contribution is -2.12. The van der Waals surface area contributed by atoms with Crippen LogP contribution in [0.1, 0.15) is 17.4 Å². The first-order valence-electron chi connectivity index (χ1n) is 6.31. The van der Waals surface area contributed by atoms with Gasteiger partial charge in [0.05, 0.1) is 11.1 Å². The summed E-state index contributed by atoms with van der Waals surface area (Å²) in [5.74, 6) is 0.739. The number of rotatable bonds is 3. The molecular formula is C16H13Cl2NO. The molecule has 0 aliphatic heterocycles. The summed E-state index contributed by atoms with van der Waals surface area (Å²) in [7, 11) is 0. The number of fused-ring (bicyclic) bond motifs is 1. The van der Waals surface area contributed by atoms with E-state index in [-0.39, 0.29) is 6.04 Å².